The van der Waals surface area contributed by atoms with Crippen molar-refractivity contribution >= 4 is 0 Å². The van der Waals surface area contributed by atoms with Crippen LogP contribution in [0, 0.1) is 11.3 Å². The fourth-order valence-corrected chi connectivity index (χ4v) is 4.71. The molecule has 0 bridgehead atoms. The second kappa shape index (κ2) is 10.0. The van der Waals surface area contributed by atoms with Crippen molar-refractivity contribution in [2.24, 2.45) is 0 Å². The smallest absolute Gasteiger partial charge is 0.258 e. The topological polar surface area (TPSA) is 93.6 Å². The maximum absolute atomic E-state index is 9.53. The third-order valence-corrected chi connectivity index (χ3v) is 6.70. The van der Waals surface area contributed by atoms with Crippen molar-refractivity contribution in [1.82, 2.24) is 15.0 Å². The number of hydrogen-bond acceptors (Lipinski definition) is 8. The Bertz CT molecular complexity index is 1270. The van der Waals surface area contributed by atoms with E-state index < -0.39 is 5.79 Å². The van der Waals surface area contributed by atoms with Crippen LogP contribution in [0.5, 0.6) is 5.75 Å². The van der Waals surface area contributed by atoms with Crippen molar-refractivity contribution in [3.8, 4) is 34.7 Å². The van der Waals surface area contributed by atoms with Crippen molar-refractivity contribution in [3.63, 3.8) is 0 Å². The molecule has 0 saturated carbocycles. The van der Waals surface area contributed by atoms with Crippen LogP contribution in [0.3, 0.4) is 0 Å². The molecule has 3 heterocycles. The molecule has 8 heteroatoms. The summed E-state index contributed by atoms with van der Waals surface area (Å²) in [6.07, 6.45) is 1.90. The molecule has 8 nitrogen and oxygen atoms in total. The van der Waals surface area contributed by atoms with Gasteiger partial charge in [-0.1, -0.05) is 17.3 Å². The Labute approximate surface area is 211 Å². The maximum atomic E-state index is 9.53. The Hall–Kier alpha value is -3.25. The van der Waals surface area contributed by atoms with Gasteiger partial charge in [-0.25, -0.2) is 0 Å². The summed E-state index contributed by atoms with van der Waals surface area (Å²) in [5.41, 5.74) is 4.70. The largest absolute Gasteiger partial charge is 0.490 e. The number of ether oxygens (including phenoxy) is 3. The summed E-state index contributed by atoms with van der Waals surface area (Å²) in [4.78, 5) is 7.09. The minimum atomic E-state index is -0.496. The normalized spacial score (nSPS) is 18.4. The van der Waals surface area contributed by atoms with Crippen molar-refractivity contribution in [3.05, 3.63) is 53.1 Å². The molecule has 0 atom stereocenters. The molecule has 2 aliphatic heterocycles. The van der Waals surface area contributed by atoms with E-state index in [1.807, 2.05) is 33.8 Å². The first kappa shape index (κ1) is 24.4. The lowest BCUT2D eigenvalue weighted by Crippen LogP contribution is -2.51. The lowest BCUT2D eigenvalue weighted by Gasteiger charge is -2.39. The molecule has 1 saturated heterocycles. The van der Waals surface area contributed by atoms with Crippen LogP contribution < -0.4 is 4.74 Å². The molecule has 2 aliphatic rings. The Morgan fingerprint density at radius 2 is 1.75 bits per heavy atom. The second-order valence-electron chi connectivity index (χ2n) is 10.1. The highest BCUT2D eigenvalue weighted by Gasteiger charge is 2.32. The zero-order valence-electron chi connectivity index (χ0n) is 21.3. The van der Waals surface area contributed by atoms with Gasteiger partial charge < -0.3 is 18.7 Å². The van der Waals surface area contributed by atoms with Crippen LogP contribution in [-0.2, 0) is 22.3 Å². The van der Waals surface area contributed by atoms with Crippen molar-refractivity contribution in [2.45, 2.75) is 58.5 Å². The van der Waals surface area contributed by atoms with E-state index in [-0.39, 0.29) is 12.1 Å². The third-order valence-electron chi connectivity index (χ3n) is 6.70. The molecule has 0 N–H and O–H groups in total. The van der Waals surface area contributed by atoms with E-state index in [9.17, 15) is 5.26 Å². The molecule has 5 rings (SSSR count). The Balaban J connectivity index is 1.31. The third kappa shape index (κ3) is 5.29. The molecule has 0 amide bonds. The fraction of sp³-hybridized carbons (Fsp3) is 0.464. The van der Waals surface area contributed by atoms with Crippen LogP contribution in [0.4, 0.5) is 0 Å². The molecule has 1 fully saturated rings. The minimum Gasteiger partial charge on any atom is -0.490 e. The van der Waals surface area contributed by atoms with Gasteiger partial charge in [0.1, 0.15) is 11.8 Å². The van der Waals surface area contributed by atoms with E-state index in [0.29, 0.717) is 41.8 Å². The van der Waals surface area contributed by atoms with E-state index in [0.717, 1.165) is 31.5 Å². The highest BCUT2D eigenvalue weighted by Crippen LogP contribution is 2.29. The van der Waals surface area contributed by atoms with Crippen molar-refractivity contribution in [1.29, 1.82) is 5.26 Å². The molecular formula is C28H32N4O4. The number of fused-ring (bicyclic) bond motifs is 1. The summed E-state index contributed by atoms with van der Waals surface area (Å²) < 4.78 is 23.0. The van der Waals surface area contributed by atoms with E-state index in [4.69, 9.17) is 18.7 Å². The van der Waals surface area contributed by atoms with E-state index in [2.05, 4.69) is 39.3 Å². The summed E-state index contributed by atoms with van der Waals surface area (Å²) in [7, 11) is 0. The fourth-order valence-electron chi connectivity index (χ4n) is 4.71. The summed E-state index contributed by atoms with van der Waals surface area (Å²) in [6.45, 7) is 11.1. The molecule has 188 valence electrons. The zero-order valence-corrected chi connectivity index (χ0v) is 21.3. The molecule has 0 unspecified atom stereocenters. The molecule has 0 aliphatic carbocycles. The van der Waals surface area contributed by atoms with Gasteiger partial charge in [0.2, 0.25) is 5.82 Å². The average Bonchev–Trinajstić information content (AvgIpc) is 3.25. The number of aromatic nitrogens is 2. The van der Waals surface area contributed by atoms with Gasteiger partial charge in [0.05, 0.1) is 30.9 Å². The predicted molar refractivity (Wildman–Crippen MR) is 134 cm³/mol. The second-order valence-corrected chi connectivity index (χ2v) is 10.1. The summed E-state index contributed by atoms with van der Waals surface area (Å²) >= 11 is 0. The standard InChI is InChI=1S/C28H32N4O4/c1-18(2)35-25-8-7-22(14-23(25)15-29)27-30-26(31-36-27)21-6-5-19-9-11-32(12-10-20(19)13-21)24-16-33-28(3,4)34-17-24/h5-8,13-14,18,24H,9-12,16-17H2,1-4H3. The van der Waals surface area contributed by atoms with Gasteiger partial charge in [-0.3, -0.25) is 4.90 Å². The Kier molecular flexibility index (Phi) is 6.80. The van der Waals surface area contributed by atoms with Crippen molar-refractivity contribution < 1.29 is 18.7 Å². The predicted octanol–water partition coefficient (Wildman–Crippen LogP) is 4.61. The SMILES string of the molecule is CC(C)Oc1ccc(-c2nc(-c3ccc4c(c3)CCN(C3COC(C)(C)OC3)CC4)no2)cc1C#N. The summed E-state index contributed by atoms with van der Waals surface area (Å²) in [5, 5.41) is 13.8. The summed E-state index contributed by atoms with van der Waals surface area (Å²) in [6, 6.07) is 14.2. The van der Waals surface area contributed by atoms with E-state index >= 15 is 0 Å². The van der Waals surface area contributed by atoms with Crippen molar-refractivity contribution in [2.75, 3.05) is 26.3 Å². The van der Waals surface area contributed by atoms with Crippen LogP contribution in [0.2, 0.25) is 0 Å². The van der Waals surface area contributed by atoms with Crippen LogP contribution in [0.1, 0.15) is 44.4 Å². The molecule has 2 aromatic carbocycles. The minimum absolute atomic E-state index is 0.0188. The Morgan fingerprint density at radius 1 is 1.03 bits per heavy atom. The lowest BCUT2D eigenvalue weighted by molar-refractivity contribution is -0.263. The highest BCUT2D eigenvalue weighted by molar-refractivity contribution is 5.64. The van der Waals surface area contributed by atoms with Gasteiger partial charge in [0, 0.05) is 24.2 Å². The van der Waals surface area contributed by atoms with Gasteiger partial charge in [-0.15, -0.1) is 0 Å². The van der Waals surface area contributed by atoms with Gasteiger partial charge in [0.25, 0.3) is 5.89 Å². The lowest BCUT2D eigenvalue weighted by atomic mass is 10.00. The van der Waals surface area contributed by atoms with E-state index in [1.165, 1.54) is 11.1 Å². The number of rotatable bonds is 5. The van der Waals surface area contributed by atoms with Gasteiger partial charge in [-0.2, -0.15) is 10.2 Å². The van der Waals surface area contributed by atoms with Crippen LogP contribution in [-0.4, -0.2) is 59.3 Å². The maximum Gasteiger partial charge on any atom is 0.258 e. The van der Waals surface area contributed by atoms with Crippen LogP contribution in [0.25, 0.3) is 22.8 Å². The Morgan fingerprint density at radius 3 is 2.47 bits per heavy atom. The number of nitrogens with zero attached hydrogens (tertiary/aromatic N) is 4. The first-order valence-electron chi connectivity index (χ1n) is 12.5. The number of benzene rings is 2. The van der Waals surface area contributed by atoms with Crippen LogP contribution >= 0.6 is 0 Å². The number of nitriles is 1. The molecular weight excluding hydrogens is 456 g/mol. The van der Waals surface area contributed by atoms with Crippen LogP contribution in [0.15, 0.2) is 40.9 Å². The molecule has 0 spiro atoms. The monoisotopic (exact) mass is 488 g/mol. The van der Waals surface area contributed by atoms with Gasteiger partial charge in [-0.05, 0) is 75.9 Å². The summed E-state index contributed by atoms with van der Waals surface area (Å²) in [5.74, 6) is 0.958. The average molecular weight is 489 g/mol. The van der Waals surface area contributed by atoms with Gasteiger partial charge >= 0.3 is 0 Å². The highest BCUT2D eigenvalue weighted by atomic mass is 16.7. The zero-order chi connectivity index (χ0) is 25.3. The first-order valence-corrected chi connectivity index (χ1v) is 12.5. The number of hydrogen-bond donors (Lipinski definition) is 0. The van der Waals surface area contributed by atoms with E-state index in [1.54, 1.807) is 12.1 Å². The molecule has 3 aromatic rings. The van der Waals surface area contributed by atoms with Gasteiger partial charge in [0.15, 0.2) is 5.79 Å². The molecule has 1 aromatic heterocycles. The first-order chi connectivity index (χ1) is 17.3. The molecule has 36 heavy (non-hydrogen) atoms. The quantitative estimate of drug-likeness (QED) is 0.514. The molecule has 0 radical (unpaired) electrons.